The van der Waals surface area contributed by atoms with Crippen molar-refractivity contribution in [1.29, 1.82) is 0 Å². The normalized spacial score (nSPS) is 11.8. The van der Waals surface area contributed by atoms with E-state index in [9.17, 15) is 8.42 Å². The highest BCUT2D eigenvalue weighted by Gasteiger charge is 2.21. The summed E-state index contributed by atoms with van der Waals surface area (Å²) in [4.78, 5) is 0.304. The van der Waals surface area contributed by atoms with Crippen LogP contribution in [0.5, 0.6) is 5.75 Å². The molecule has 4 nitrogen and oxygen atoms in total. The number of methoxy groups -OCH3 is 1. The van der Waals surface area contributed by atoms with Crippen molar-refractivity contribution >= 4 is 20.9 Å². The SMILES string of the molecule is CCCc1cn(S(=O)(=O)c2cccc(C)c2)c2ccc(OC)cc12. The van der Waals surface area contributed by atoms with Crippen molar-refractivity contribution in [3.63, 3.8) is 0 Å². The van der Waals surface area contributed by atoms with Crippen molar-refractivity contribution in [2.45, 2.75) is 31.6 Å². The molecule has 1 aromatic heterocycles. The van der Waals surface area contributed by atoms with Crippen molar-refractivity contribution in [3.05, 3.63) is 59.8 Å². The molecule has 3 rings (SSSR count). The molecule has 0 aliphatic carbocycles. The van der Waals surface area contributed by atoms with Gasteiger partial charge in [0.15, 0.2) is 0 Å². The molecule has 0 aliphatic heterocycles. The Morgan fingerprint density at radius 2 is 1.92 bits per heavy atom. The molecule has 0 aliphatic rings. The fraction of sp³-hybridized carbons (Fsp3) is 0.263. The van der Waals surface area contributed by atoms with E-state index < -0.39 is 10.0 Å². The van der Waals surface area contributed by atoms with Crippen molar-refractivity contribution in [2.24, 2.45) is 0 Å². The number of hydrogen-bond acceptors (Lipinski definition) is 3. The molecule has 2 aromatic carbocycles. The first-order valence-electron chi connectivity index (χ1n) is 7.97. The van der Waals surface area contributed by atoms with Crippen LogP contribution in [0.25, 0.3) is 10.9 Å². The number of hydrogen-bond donors (Lipinski definition) is 0. The second kappa shape index (κ2) is 6.32. The van der Waals surface area contributed by atoms with Crippen LogP contribution in [-0.2, 0) is 16.4 Å². The lowest BCUT2D eigenvalue weighted by Gasteiger charge is -2.08. The highest BCUT2D eigenvalue weighted by molar-refractivity contribution is 7.90. The van der Waals surface area contributed by atoms with Crippen molar-refractivity contribution in [2.75, 3.05) is 7.11 Å². The Labute approximate surface area is 142 Å². The van der Waals surface area contributed by atoms with Crippen LogP contribution in [0.1, 0.15) is 24.5 Å². The first kappa shape index (κ1) is 16.6. The maximum atomic E-state index is 13.1. The van der Waals surface area contributed by atoms with Crippen LogP contribution in [-0.4, -0.2) is 19.5 Å². The van der Waals surface area contributed by atoms with Gasteiger partial charge in [0.1, 0.15) is 5.75 Å². The van der Waals surface area contributed by atoms with Gasteiger partial charge >= 0.3 is 0 Å². The monoisotopic (exact) mass is 343 g/mol. The summed E-state index contributed by atoms with van der Waals surface area (Å²) in [7, 11) is -2.02. The number of benzene rings is 2. The quantitative estimate of drug-likeness (QED) is 0.699. The molecule has 0 fully saturated rings. The van der Waals surface area contributed by atoms with E-state index in [2.05, 4.69) is 6.92 Å². The average Bonchev–Trinajstić information content (AvgIpc) is 2.94. The predicted octanol–water partition coefficient (Wildman–Crippen LogP) is 4.15. The van der Waals surface area contributed by atoms with Crippen LogP contribution in [0.2, 0.25) is 0 Å². The standard InChI is InChI=1S/C19H21NO3S/c1-4-6-15-13-20(19-10-9-16(23-3)12-18(15)19)24(21,22)17-8-5-7-14(2)11-17/h5,7-13H,4,6H2,1-3H3. The zero-order chi connectivity index (χ0) is 17.3. The van der Waals surface area contributed by atoms with Crippen molar-refractivity contribution in [1.82, 2.24) is 3.97 Å². The Bertz CT molecular complexity index is 987. The van der Waals surface area contributed by atoms with Gasteiger partial charge < -0.3 is 4.74 Å². The fourth-order valence-electron chi connectivity index (χ4n) is 2.93. The molecule has 5 heteroatoms. The maximum absolute atomic E-state index is 13.1. The Morgan fingerprint density at radius 3 is 2.58 bits per heavy atom. The Kier molecular flexibility index (Phi) is 4.37. The summed E-state index contributed by atoms with van der Waals surface area (Å²) in [5, 5.41) is 0.924. The first-order valence-corrected chi connectivity index (χ1v) is 9.41. The van der Waals surface area contributed by atoms with Crippen LogP contribution in [0.3, 0.4) is 0 Å². The topological polar surface area (TPSA) is 48.3 Å². The summed E-state index contributed by atoms with van der Waals surface area (Å²) in [6.45, 7) is 3.97. The van der Waals surface area contributed by atoms with Gasteiger partial charge in [-0.2, -0.15) is 0 Å². The molecule has 0 atom stereocenters. The van der Waals surface area contributed by atoms with Gasteiger partial charge in [0.25, 0.3) is 10.0 Å². The molecule has 1 heterocycles. The van der Waals surface area contributed by atoms with Crippen LogP contribution >= 0.6 is 0 Å². The third-order valence-corrected chi connectivity index (χ3v) is 5.80. The molecule has 0 spiro atoms. The molecule has 0 N–H and O–H groups in total. The summed E-state index contributed by atoms with van der Waals surface area (Å²) >= 11 is 0. The maximum Gasteiger partial charge on any atom is 0.268 e. The number of rotatable bonds is 5. The molecule has 0 saturated carbocycles. The third-order valence-electron chi connectivity index (χ3n) is 4.13. The fourth-order valence-corrected chi connectivity index (χ4v) is 4.43. The number of ether oxygens (including phenoxy) is 1. The summed E-state index contributed by atoms with van der Waals surface area (Å²) < 4.78 is 32.9. The van der Waals surface area contributed by atoms with E-state index in [0.717, 1.165) is 35.1 Å². The zero-order valence-corrected chi connectivity index (χ0v) is 14.9. The Balaban J connectivity index is 2.26. The lowest BCUT2D eigenvalue weighted by molar-refractivity contribution is 0.415. The van der Waals surface area contributed by atoms with Gasteiger partial charge in [0.2, 0.25) is 0 Å². The highest BCUT2D eigenvalue weighted by atomic mass is 32.2. The summed E-state index contributed by atoms with van der Waals surface area (Å²) in [5.41, 5.74) is 2.62. The van der Waals surface area contributed by atoms with E-state index in [0.29, 0.717) is 10.4 Å². The van der Waals surface area contributed by atoms with Gasteiger partial charge in [-0.05, 0) is 54.8 Å². The zero-order valence-electron chi connectivity index (χ0n) is 14.1. The van der Waals surface area contributed by atoms with E-state index in [1.165, 1.54) is 3.97 Å². The second-order valence-corrected chi connectivity index (χ2v) is 7.72. The van der Waals surface area contributed by atoms with E-state index in [1.807, 2.05) is 19.1 Å². The van der Waals surface area contributed by atoms with Crippen LogP contribution in [0.4, 0.5) is 0 Å². The van der Waals surface area contributed by atoms with Gasteiger partial charge in [0.05, 0.1) is 17.5 Å². The number of aryl methyl sites for hydroxylation is 2. The van der Waals surface area contributed by atoms with Gasteiger partial charge in [-0.25, -0.2) is 12.4 Å². The van der Waals surface area contributed by atoms with Crippen molar-refractivity contribution in [3.8, 4) is 5.75 Å². The van der Waals surface area contributed by atoms with E-state index in [1.54, 1.807) is 43.6 Å². The summed E-state index contributed by atoms with van der Waals surface area (Å²) in [5.74, 6) is 0.727. The smallest absolute Gasteiger partial charge is 0.268 e. The Hall–Kier alpha value is -2.27. The molecular weight excluding hydrogens is 322 g/mol. The molecule has 24 heavy (non-hydrogen) atoms. The van der Waals surface area contributed by atoms with Crippen LogP contribution in [0, 0.1) is 6.92 Å². The van der Waals surface area contributed by atoms with Gasteiger partial charge in [-0.15, -0.1) is 0 Å². The molecule has 0 saturated heterocycles. The number of fused-ring (bicyclic) bond motifs is 1. The minimum absolute atomic E-state index is 0.304. The Morgan fingerprint density at radius 1 is 1.12 bits per heavy atom. The van der Waals surface area contributed by atoms with Crippen molar-refractivity contribution < 1.29 is 13.2 Å². The molecule has 0 bridgehead atoms. The lowest BCUT2D eigenvalue weighted by Crippen LogP contribution is -2.12. The molecule has 0 radical (unpaired) electrons. The van der Waals surface area contributed by atoms with E-state index in [4.69, 9.17) is 4.74 Å². The second-order valence-electron chi connectivity index (χ2n) is 5.90. The highest BCUT2D eigenvalue weighted by Crippen LogP contribution is 2.30. The molecule has 0 unspecified atom stereocenters. The molecule has 3 aromatic rings. The predicted molar refractivity (Wildman–Crippen MR) is 96.2 cm³/mol. The average molecular weight is 343 g/mol. The first-order chi connectivity index (χ1) is 11.5. The minimum atomic E-state index is -3.63. The van der Waals surface area contributed by atoms with E-state index >= 15 is 0 Å². The summed E-state index contributed by atoms with van der Waals surface area (Å²) in [6.07, 6.45) is 3.51. The lowest BCUT2D eigenvalue weighted by atomic mass is 10.1. The van der Waals surface area contributed by atoms with E-state index in [-0.39, 0.29) is 0 Å². The van der Waals surface area contributed by atoms with Gasteiger partial charge in [-0.1, -0.05) is 25.5 Å². The number of aromatic nitrogens is 1. The minimum Gasteiger partial charge on any atom is -0.497 e. The molecule has 126 valence electrons. The molecular formula is C19H21NO3S. The van der Waals surface area contributed by atoms with Gasteiger partial charge in [0, 0.05) is 11.6 Å². The van der Waals surface area contributed by atoms with Crippen LogP contribution < -0.4 is 4.74 Å². The van der Waals surface area contributed by atoms with Gasteiger partial charge in [-0.3, -0.25) is 0 Å². The third kappa shape index (κ3) is 2.80. The molecule has 0 amide bonds. The van der Waals surface area contributed by atoms with Crippen LogP contribution in [0.15, 0.2) is 53.6 Å². The summed E-state index contributed by atoms with van der Waals surface area (Å²) in [6, 6.07) is 12.5. The number of nitrogens with zero attached hydrogens (tertiary/aromatic N) is 1. The largest absolute Gasteiger partial charge is 0.497 e.